The summed E-state index contributed by atoms with van der Waals surface area (Å²) in [4.78, 5) is 22.5. The SMILES string of the molecule is CS(=O)(=O)N1CCc2cc(C(=O)Nc3ccc([N+](=O)[O-])cc3)ccc21. The highest BCUT2D eigenvalue weighted by Crippen LogP contribution is 2.31. The second-order valence-electron chi connectivity index (χ2n) is 5.69. The number of carbonyl (C=O) groups is 1. The van der Waals surface area contributed by atoms with Crippen molar-refractivity contribution in [2.75, 3.05) is 22.4 Å². The summed E-state index contributed by atoms with van der Waals surface area (Å²) >= 11 is 0. The maximum Gasteiger partial charge on any atom is 0.269 e. The number of anilines is 2. The Labute approximate surface area is 144 Å². The van der Waals surface area contributed by atoms with Gasteiger partial charge < -0.3 is 5.32 Å². The lowest BCUT2D eigenvalue weighted by Crippen LogP contribution is -2.27. The Balaban J connectivity index is 1.79. The molecule has 0 atom stereocenters. The number of rotatable bonds is 4. The van der Waals surface area contributed by atoms with Crippen LogP contribution < -0.4 is 9.62 Å². The van der Waals surface area contributed by atoms with Crippen molar-refractivity contribution in [3.63, 3.8) is 0 Å². The van der Waals surface area contributed by atoms with Crippen molar-refractivity contribution in [3.8, 4) is 0 Å². The summed E-state index contributed by atoms with van der Waals surface area (Å²) in [6, 6.07) is 10.4. The third-order valence-corrected chi connectivity index (χ3v) is 5.11. The molecule has 25 heavy (non-hydrogen) atoms. The van der Waals surface area contributed by atoms with Gasteiger partial charge in [-0.15, -0.1) is 0 Å². The number of nitro benzene ring substituents is 1. The third kappa shape index (κ3) is 3.45. The topological polar surface area (TPSA) is 110 Å². The quantitative estimate of drug-likeness (QED) is 0.663. The van der Waals surface area contributed by atoms with Crippen molar-refractivity contribution in [3.05, 3.63) is 63.7 Å². The fraction of sp³-hybridized carbons (Fsp3) is 0.188. The molecule has 0 saturated heterocycles. The maximum atomic E-state index is 12.3. The zero-order chi connectivity index (χ0) is 18.2. The molecule has 1 amide bonds. The number of carbonyl (C=O) groups excluding carboxylic acids is 1. The molecule has 8 nitrogen and oxygen atoms in total. The Kier molecular flexibility index (Phi) is 4.17. The van der Waals surface area contributed by atoms with Gasteiger partial charge in [-0.25, -0.2) is 8.42 Å². The van der Waals surface area contributed by atoms with Gasteiger partial charge in [-0.3, -0.25) is 19.2 Å². The van der Waals surface area contributed by atoms with Crippen molar-refractivity contribution >= 4 is 33.0 Å². The van der Waals surface area contributed by atoms with E-state index in [1.54, 1.807) is 18.2 Å². The zero-order valence-corrected chi connectivity index (χ0v) is 14.1. The van der Waals surface area contributed by atoms with Gasteiger partial charge >= 0.3 is 0 Å². The van der Waals surface area contributed by atoms with Gasteiger partial charge in [0.1, 0.15) is 0 Å². The first-order chi connectivity index (χ1) is 11.8. The van der Waals surface area contributed by atoms with E-state index < -0.39 is 14.9 Å². The summed E-state index contributed by atoms with van der Waals surface area (Å²) in [6.07, 6.45) is 1.69. The van der Waals surface area contributed by atoms with Crippen LogP contribution in [0.5, 0.6) is 0 Å². The molecule has 1 N–H and O–H groups in total. The molecule has 0 unspecified atom stereocenters. The van der Waals surface area contributed by atoms with Gasteiger partial charge in [-0.05, 0) is 42.3 Å². The summed E-state index contributed by atoms with van der Waals surface area (Å²) in [5.41, 5.74) is 2.16. The van der Waals surface area contributed by atoms with Crippen LogP contribution in [-0.4, -0.2) is 32.0 Å². The van der Waals surface area contributed by atoms with Gasteiger partial charge in [0.15, 0.2) is 0 Å². The molecule has 0 fully saturated rings. The van der Waals surface area contributed by atoms with Gasteiger partial charge in [0.25, 0.3) is 11.6 Å². The molecule has 0 spiro atoms. The molecule has 3 rings (SSSR count). The minimum Gasteiger partial charge on any atom is -0.322 e. The van der Waals surface area contributed by atoms with E-state index in [2.05, 4.69) is 5.32 Å². The Morgan fingerprint density at radius 1 is 1.20 bits per heavy atom. The largest absolute Gasteiger partial charge is 0.322 e. The van der Waals surface area contributed by atoms with Gasteiger partial charge in [-0.2, -0.15) is 0 Å². The Hall–Kier alpha value is -2.94. The number of nitrogens with one attached hydrogen (secondary N) is 1. The van der Waals surface area contributed by atoms with Crippen molar-refractivity contribution < 1.29 is 18.1 Å². The van der Waals surface area contributed by atoms with Crippen molar-refractivity contribution in [1.29, 1.82) is 0 Å². The van der Waals surface area contributed by atoms with E-state index in [0.717, 1.165) is 11.8 Å². The average molecular weight is 361 g/mol. The lowest BCUT2D eigenvalue weighted by atomic mass is 10.1. The molecule has 0 radical (unpaired) electrons. The summed E-state index contributed by atoms with van der Waals surface area (Å²) < 4.78 is 24.8. The van der Waals surface area contributed by atoms with Crippen LogP contribution in [0.4, 0.5) is 17.1 Å². The highest BCUT2D eigenvalue weighted by Gasteiger charge is 2.26. The average Bonchev–Trinajstić information content (AvgIpc) is 2.98. The van der Waals surface area contributed by atoms with E-state index in [-0.39, 0.29) is 11.6 Å². The standard InChI is InChI=1S/C16H15N3O5S/c1-25(23,24)18-9-8-11-10-12(2-7-15(11)18)16(20)17-13-3-5-14(6-4-13)19(21)22/h2-7,10H,8-9H2,1H3,(H,17,20). The van der Waals surface area contributed by atoms with Crippen molar-refractivity contribution in [2.45, 2.75) is 6.42 Å². The second-order valence-corrected chi connectivity index (χ2v) is 7.59. The lowest BCUT2D eigenvalue weighted by Gasteiger charge is -2.16. The molecule has 1 aliphatic heterocycles. The number of benzene rings is 2. The highest BCUT2D eigenvalue weighted by molar-refractivity contribution is 7.92. The molecule has 0 bridgehead atoms. The van der Waals surface area contributed by atoms with Gasteiger partial charge in [0.2, 0.25) is 10.0 Å². The predicted octanol–water partition coefficient (Wildman–Crippen LogP) is 2.17. The Bertz CT molecular complexity index is 954. The maximum absolute atomic E-state index is 12.3. The molecule has 2 aromatic rings. The molecule has 2 aromatic carbocycles. The number of fused-ring (bicyclic) bond motifs is 1. The summed E-state index contributed by atoms with van der Waals surface area (Å²) in [7, 11) is -3.33. The molecular formula is C16H15N3O5S. The number of hydrogen-bond acceptors (Lipinski definition) is 5. The molecule has 1 heterocycles. The molecule has 0 aliphatic carbocycles. The zero-order valence-electron chi connectivity index (χ0n) is 13.3. The molecule has 130 valence electrons. The minimum atomic E-state index is -3.33. The smallest absolute Gasteiger partial charge is 0.269 e. The lowest BCUT2D eigenvalue weighted by molar-refractivity contribution is -0.384. The third-order valence-electron chi connectivity index (χ3n) is 3.93. The van der Waals surface area contributed by atoms with E-state index in [1.807, 2.05) is 0 Å². The van der Waals surface area contributed by atoms with Crippen molar-refractivity contribution in [2.24, 2.45) is 0 Å². The normalized spacial score (nSPS) is 13.4. The van der Waals surface area contributed by atoms with Gasteiger partial charge in [-0.1, -0.05) is 0 Å². The number of sulfonamides is 1. The summed E-state index contributed by atoms with van der Waals surface area (Å²) in [6.45, 7) is 0.363. The van der Waals surface area contributed by atoms with Crippen LogP contribution in [0.2, 0.25) is 0 Å². The fourth-order valence-corrected chi connectivity index (χ4v) is 3.69. The molecule has 0 saturated carbocycles. The van der Waals surface area contributed by atoms with Crippen LogP contribution in [-0.2, 0) is 16.4 Å². The second kappa shape index (κ2) is 6.17. The van der Waals surface area contributed by atoms with Crippen LogP contribution in [0.3, 0.4) is 0 Å². The number of nitro groups is 1. The van der Waals surface area contributed by atoms with Crippen LogP contribution in [0, 0.1) is 10.1 Å². The monoisotopic (exact) mass is 361 g/mol. The van der Waals surface area contributed by atoms with Crippen LogP contribution in [0.1, 0.15) is 15.9 Å². The molecule has 0 aromatic heterocycles. The van der Waals surface area contributed by atoms with E-state index >= 15 is 0 Å². The molecular weight excluding hydrogens is 346 g/mol. The molecule has 1 aliphatic rings. The predicted molar refractivity (Wildman–Crippen MR) is 93.4 cm³/mol. The van der Waals surface area contributed by atoms with E-state index in [1.165, 1.54) is 28.6 Å². The number of non-ortho nitro benzene ring substituents is 1. The fourth-order valence-electron chi connectivity index (χ4n) is 2.73. The van der Waals surface area contributed by atoms with Gasteiger partial charge in [0.05, 0.1) is 16.9 Å². The van der Waals surface area contributed by atoms with E-state index in [4.69, 9.17) is 0 Å². The minimum absolute atomic E-state index is 0.0589. The van der Waals surface area contributed by atoms with Crippen LogP contribution in [0.15, 0.2) is 42.5 Å². The van der Waals surface area contributed by atoms with E-state index in [0.29, 0.717) is 29.9 Å². The first-order valence-electron chi connectivity index (χ1n) is 7.42. The number of amides is 1. The molecule has 9 heteroatoms. The number of hydrogen-bond donors (Lipinski definition) is 1. The number of nitrogens with zero attached hydrogens (tertiary/aromatic N) is 2. The first-order valence-corrected chi connectivity index (χ1v) is 9.27. The van der Waals surface area contributed by atoms with Crippen molar-refractivity contribution in [1.82, 2.24) is 0 Å². The van der Waals surface area contributed by atoms with Crippen LogP contribution in [0.25, 0.3) is 0 Å². The highest BCUT2D eigenvalue weighted by atomic mass is 32.2. The Morgan fingerprint density at radius 3 is 2.48 bits per heavy atom. The van der Waals surface area contributed by atoms with E-state index in [9.17, 15) is 23.3 Å². The summed E-state index contributed by atoms with van der Waals surface area (Å²) in [5.74, 6) is -0.366. The Morgan fingerprint density at radius 2 is 1.88 bits per heavy atom. The first kappa shape index (κ1) is 16.9. The van der Waals surface area contributed by atoms with Gasteiger partial charge in [0, 0.05) is 29.9 Å². The summed E-state index contributed by atoms with van der Waals surface area (Å²) in [5, 5.41) is 13.3. The van der Waals surface area contributed by atoms with Crippen LogP contribution >= 0.6 is 0 Å².